The van der Waals surface area contributed by atoms with E-state index in [2.05, 4.69) is 4.90 Å². The summed E-state index contributed by atoms with van der Waals surface area (Å²) in [5.41, 5.74) is 0.885. The Morgan fingerprint density at radius 2 is 1.83 bits per heavy atom. The van der Waals surface area contributed by atoms with Crippen molar-refractivity contribution in [3.05, 3.63) is 70.6 Å². The van der Waals surface area contributed by atoms with Gasteiger partial charge in [0.1, 0.15) is 0 Å². The van der Waals surface area contributed by atoms with Gasteiger partial charge >= 0.3 is 12.1 Å². The van der Waals surface area contributed by atoms with E-state index in [1.54, 1.807) is 17.4 Å². The maximum absolute atomic E-state index is 13.3. The summed E-state index contributed by atoms with van der Waals surface area (Å²) in [5.74, 6) is -1.20. The summed E-state index contributed by atoms with van der Waals surface area (Å²) in [6.07, 6.45) is -3.42. The van der Waals surface area contributed by atoms with E-state index in [1.807, 2.05) is 29.6 Å². The van der Waals surface area contributed by atoms with Crippen LogP contribution in [0.25, 0.3) is 10.1 Å². The van der Waals surface area contributed by atoms with Crippen LogP contribution in [0.15, 0.2) is 53.9 Å². The van der Waals surface area contributed by atoms with Crippen LogP contribution in [0.3, 0.4) is 0 Å². The van der Waals surface area contributed by atoms with E-state index in [1.165, 1.54) is 12.1 Å². The van der Waals surface area contributed by atoms with Gasteiger partial charge in [-0.15, -0.1) is 11.3 Å². The maximum Gasteiger partial charge on any atom is 0.416 e. The van der Waals surface area contributed by atoms with Crippen molar-refractivity contribution in [2.24, 2.45) is 5.92 Å². The second-order valence-electron chi connectivity index (χ2n) is 7.36. The molecule has 3 nitrogen and oxygen atoms in total. The van der Waals surface area contributed by atoms with Crippen LogP contribution >= 0.6 is 11.3 Å². The number of aliphatic carboxylic acids is 1. The number of hydrogen-bond acceptors (Lipinski definition) is 3. The first kappa shape index (κ1) is 19.9. The zero-order valence-corrected chi connectivity index (χ0v) is 16.3. The quantitative estimate of drug-likeness (QED) is 0.581. The monoisotopic (exact) mass is 419 g/mol. The third kappa shape index (κ3) is 4.02. The lowest BCUT2D eigenvalue weighted by Gasteiger charge is -2.37. The molecule has 1 atom stereocenters. The molecule has 0 bridgehead atoms. The highest BCUT2D eigenvalue weighted by Crippen LogP contribution is 2.40. The van der Waals surface area contributed by atoms with Gasteiger partial charge in [0, 0.05) is 4.70 Å². The second-order valence-corrected chi connectivity index (χ2v) is 8.27. The summed E-state index contributed by atoms with van der Waals surface area (Å²) in [6.45, 7) is 1.06. The van der Waals surface area contributed by atoms with Crippen molar-refractivity contribution in [1.82, 2.24) is 4.90 Å². The first-order chi connectivity index (χ1) is 13.8. The standard InChI is InChI=1S/C22H20F3NO2S/c23-22(24,25)16-5-3-4-15(12-16)20(26-10-8-14(9-11-26)21(27)28)18-13-29-19-7-2-1-6-17(18)19/h1-7,12-14,20H,8-11H2,(H,27,28). The van der Waals surface area contributed by atoms with E-state index in [4.69, 9.17) is 0 Å². The predicted octanol–water partition coefficient (Wildman–Crippen LogP) is 5.81. The highest BCUT2D eigenvalue weighted by molar-refractivity contribution is 7.17. The van der Waals surface area contributed by atoms with Crippen molar-refractivity contribution in [3.8, 4) is 0 Å². The minimum atomic E-state index is -4.41. The van der Waals surface area contributed by atoms with Gasteiger partial charge in [-0.3, -0.25) is 9.69 Å². The number of nitrogens with zero attached hydrogens (tertiary/aromatic N) is 1. The maximum atomic E-state index is 13.3. The summed E-state index contributed by atoms with van der Waals surface area (Å²) >= 11 is 1.57. The number of hydrogen-bond donors (Lipinski definition) is 1. The number of alkyl halides is 3. The Hall–Kier alpha value is -2.38. The van der Waals surface area contributed by atoms with Crippen molar-refractivity contribution in [2.75, 3.05) is 13.1 Å². The topological polar surface area (TPSA) is 40.5 Å². The third-order valence-electron chi connectivity index (χ3n) is 5.58. The fourth-order valence-corrected chi connectivity index (χ4v) is 5.07. The number of fused-ring (bicyclic) bond motifs is 1. The van der Waals surface area contributed by atoms with E-state index < -0.39 is 23.6 Å². The lowest BCUT2D eigenvalue weighted by molar-refractivity contribution is -0.143. The van der Waals surface area contributed by atoms with Gasteiger partial charge in [0.25, 0.3) is 0 Å². The molecule has 3 aromatic rings. The van der Waals surface area contributed by atoms with Gasteiger partial charge in [-0.2, -0.15) is 13.2 Å². The average molecular weight is 419 g/mol. The van der Waals surface area contributed by atoms with E-state index in [0.29, 0.717) is 31.5 Å². The lowest BCUT2D eigenvalue weighted by atomic mass is 9.90. The molecule has 7 heteroatoms. The van der Waals surface area contributed by atoms with E-state index in [-0.39, 0.29) is 6.04 Å². The fourth-order valence-electron chi connectivity index (χ4n) is 4.09. The van der Waals surface area contributed by atoms with Crippen LogP contribution in [0.5, 0.6) is 0 Å². The molecule has 1 saturated heterocycles. The summed E-state index contributed by atoms with van der Waals surface area (Å²) < 4.78 is 41.1. The first-order valence-electron chi connectivity index (χ1n) is 9.45. The van der Waals surface area contributed by atoms with Crippen molar-refractivity contribution >= 4 is 27.4 Å². The zero-order valence-electron chi connectivity index (χ0n) is 15.5. The molecule has 0 amide bonds. The molecular weight excluding hydrogens is 399 g/mol. The normalized spacial score (nSPS) is 17.5. The predicted molar refractivity (Wildman–Crippen MR) is 107 cm³/mol. The Morgan fingerprint density at radius 3 is 2.52 bits per heavy atom. The minimum absolute atomic E-state index is 0.344. The summed E-state index contributed by atoms with van der Waals surface area (Å²) in [5, 5.41) is 12.3. The largest absolute Gasteiger partial charge is 0.481 e. The van der Waals surface area contributed by atoms with E-state index in [0.717, 1.165) is 21.7 Å². The highest BCUT2D eigenvalue weighted by atomic mass is 32.1. The van der Waals surface area contributed by atoms with Crippen LogP contribution in [0.4, 0.5) is 13.2 Å². The Labute approximate surface area is 170 Å². The highest BCUT2D eigenvalue weighted by Gasteiger charge is 2.34. The molecule has 2 aromatic carbocycles. The number of piperidine rings is 1. The van der Waals surface area contributed by atoms with Crippen molar-refractivity contribution in [2.45, 2.75) is 25.1 Å². The molecule has 1 aliphatic heterocycles. The van der Waals surface area contributed by atoms with Crippen molar-refractivity contribution in [3.63, 3.8) is 0 Å². The number of likely N-dealkylation sites (tertiary alicyclic amines) is 1. The molecule has 0 spiro atoms. The van der Waals surface area contributed by atoms with Crippen LogP contribution in [0.2, 0.25) is 0 Å². The SMILES string of the molecule is O=C(O)C1CCN(C(c2cccc(C(F)(F)F)c2)c2csc3ccccc23)CC1. The molecule has 0 saturated carbocycles. The van der Waals surface area contributed by atoms with E-state index in [9.17, 15) is 23.1 Å². The Balaban J connectivity index is 1.77. The third-order valence-corrected chi connectivity index (χ3v) is 6.56. The molecule has 1 fully saturated rings. The van der Waals surface area contributed by atoms with Gasteiger partial charge in [-0.05, 0) is 66.0 Å². The number of benzene rings is 2. The molecule has 1 unspecified atom stereocenters. The van der Waals surface area contributed by atoms with E-state index >= 15 is 0 Å². The molecule has 2 heterocycles. The molecule has 152 valence electrons. The smallest absolute Gasteiger partial charge is 0.416 e. The van der Waals surface area contributed by atoms with Gasteiger partial charge in [0.2, 0.25) is 0 Å². The van der Waals surface area contributed by atoms with Crippen LogP contribution < -0.4 is 0 Å². The number of carboxylic acids is 1. The van der Waals surface area contributed by atoms with Crippen LogP contribution in [-0.4, -0.2) is 29.1 Å². The van der Waals surface area contributed by atoms with Gasteiger partial charge in [-0.1, -0.05) is 30.3 Å². The van der Waals surface area contributed by atoms with Gasteiger partial charge in [0.15, 0.2) is 0 Å². The Bertz CT molecular complexity index is 1020. The molecular formula is C22H20F3NO2S. The summed E-state index contributed by atoms with van der Waals surface area (Å²) in [4.78, 5) is 13.4. The number of thiophene rings is 1. The molecule has 0 aliphatic carbocycles. The minimum Gasteiger partial charge on any atom is -0.481 e. The van der Waals surface area contributed by atoms with Gasteiger partial charge in [-0.25, -0.2) is 0 Å². The number of rotatable bonds is 4. The fraction of sp³-hybridized carbons (Fsp3) is 0.318. The second kappa shape index (κ2) is 7.80. The summed E-state index contributed by atoms with van der Waals surface area (Å²) in [6, 6.07) is 13.0. The van der Waals surface area contributed by atoms with Crippen LogP contribution in [-0.2, 0) is 11.0 Å². The molecule has 29 heavy (non-hydrogen) atoms. The molecule has 1 N–H and O–H groups in total. The first-order valence-corrected chi connectivity index (χ1v) is 10.3. The molecule has 0 radical (unpaired) electrons. The Kier molecular flexibility index (Phi) is 5.36. The Morgan fingerprint density at radius 1 is 1.10 bits per heavy atom. The van der Waals surface area contributed by atoms with Crippen molar-refractivity contribution in [1.29, 1.82) is 0 Å². The average Bonchev–Trinajstić information content (AvgIpc) is 3.12. The van der Waals surface area contributed by atoms with Crippen LogP contribution in [0, 0.1) is 5.92 Å². The van der Waals surface area contributed by atoms with Crippen molar-refractivity contribution < 1.29 is 23.1 Å². The summed E-state index contributed by atoms with van der Waals surface area (Å²) in [7, 11) is 0. The molecule has 1 aliphatic rings. The lowest BCUT2D eigenvalue weighted by Crippen LogP contribution is -2.39. The molecule has 1 aromatic heterocycles. The molecule has 4 rings (SSSR count). The van der Waals surface area contributed by atoms with Crippen LogP contribution in [0.1, 0.15) is 35.6 Å². The number of carbonyl (C=O) groups is 1. The van der Waals surface area contributed by atoms with Gasteiger partial charge in [0.05, 0.1) is 17.5 Å². The van der Waals surface area contributed by atoms with Gasteiger partial charge < -0.3 is 5.11 Å². The number of halogens is 3. The number of carboxylic acid groups (broad SMARTS) is 1. The zero-order chi connectivity index (χ0) is 20.6.